The number of hydrogen-bond acceptors (Lipinski definition) is 6. The van der Waals surface area contributed by atoms with Gasteiger partial charge in [-0.1, -0.05) is 12.1 Å². The Morgan fingerprint density at radius 1 is 0.885 bits per heavy atom. The predicted molar refractivity (Wildman–Crippen MR) is 90.2 cm³/mol. The number of Topliss-reactive ketones (excluding diaryl/α,β-unsaturated/α-hetero) is 2. The fourth-order valence-corrected chi connectivity index (χ4v) is 3.67. The number of ether oxygens (including phenoxy) is 1. The third-order valence-electron chi connectivity index (χ3n) is 4.91. The van der Waals surface area contributed by atoms with Gasteiger partial charge in [-0.3, -0.25) is 19.2 Å². The summed E-state index contributed by atoms with van der Waals surface area (Å²) in [6.45, 7) is 1.27. The van der Waals surface area contributed by atoms with Gasteiger partial charge in [0.25, 0.3) is 0 Å². The Labute approximate surface area is 148 Å². The van der Waals surface area contributed by atoms with Gasteiger partial charge in [-0.05, 0) is 25.1 Å². The molecule has 0 fully saturated rings. The van der Waals surface area contributed by atoms with E-state index in [1.807, 2.05) is 0 Å². The number of carbonyl (C=O) groups excluding carboxylic acids is 4. The van der Waals surface area contributed by atoms with E-state index in [0.717, 1.165) is 0 Å². The summed E-state index contributed by atoms with van der Waals surface area (Å²) >= 11 is 0. The molecule has 1 N–H and O–H groups in total. The number of methoxy groups -OCH3 is 1. The number of hydrogen-bond donors (Lipinski definition) is 1. The molecule has 0 heterocycles. The topological polar surface area (TPSA) is 97.7 Å². The van der Waals surface area contributed by atoms with E-state index in [1.54, 1.807) is 12.1 Å². The third kappa shape index (κ3) is 1.96. The fourth-order valence-electron chi connectivity index (χ4n) is 3.67. The molecule has 0 saturated carbocycles. The van der Waals surface area contributed by atoms with E-state index in [4.69, 9.17) is 4.74 Å². The van der Waals surface area contributed by atoms with E-state index < -0.39 is 35.2 Å². The van der Waals surface area contributed by atoms with Crippen LogP contribution in [0.25, 0.3) is 0 Å². The lowest BCUT2D eigenvalue weighted by Crippen LogP contribution is -2.43. The normalized spacial score (nSPS) is 21.2. The lowest BCUT2D eigenvalue weighted by molar-refractivity contribution is 0.0326. The van der Waals surface area contributed by atoms with Gasteiger partial charge in [-0.2, -0.15) is 0 Å². The van der Waals surface area contributed by atoms with E-state index in [-0.39, 0.29) is 39.1 Å². The molecule has 0 aromatic heterocycles. The highest BCUT2D eigenvalue weighted by atomic mass is 16.5. The molecule has 130 valence electrons. The van der Waals surface area contributed by atoms with Crippen molar-refractivity contribution < 1.29 is 29.0 Å². The van der Waals surface area contributed by atoms with Crippen molar-refractivity contribution in [1.29, 1.82) is 0 Å². The molecule has 6 heteroatoms. The van der Waals surface area contributed by atoms with Crippen molar-refractivity contribution >= 4 is 23.1 Å². The Balaban J connectivity index is 2.04. The number of ketones is 4. The molecular weight excluding hydrogens is 336 g/mol. The standard InChI is InChI=1S/C20H14O6/c1-20(25)8-12(21)14-11(19(20)24)7-6-10-16(14)18(23)9-4-3-5-13(26-2)15(9)17(10)22/h3-7,25H,8H2,1-2H3/t20-/m0/s1. The Morgan fingerprint density at radius 3 is 2.19 bits per heavy atom. The van der Waals surface area contributed by atoms with Crippen molar-refractivity contribution in [2.45, 2.75) is 18.9 Å². The van der Waals surface area contributed by atoms with Crippen LogP contribution in [0.5, 0.6) is 5.75 Å². The maximum absolute atomic E-state index is 13.1. The molecule has 0 saturated heterocycles. The molecule has 0 unspecified atom stereocenters. The molecular formula is C20H14O6. The summed E-state index contributed by atoms with van der Waals surface area (Å²) in [5.74, 6) is -1.84. The van der Waals surface area contributed by atoms with Crippen LogP contribution in [0.15, 0.2) is 30.3 Å². The Kier molecular flexibility index (Phi) is 3.26. The van der Waals surface area contributed by atoms with Crippen LogP contribution in [0.1, 0.15) is 65.9 Å². The largest absolute Gasteiger partial charge is 0.496 e. The van der Waals surface area contributed by atoms with Gasteiger partial charge in [0.05, 0.1) is 12.7 Å². The summed E-state index contributed by atoms with van der Waals surface area (Å²) in [6.07, 6.45) is -0.429. The molecule has 2 aliphatic carbocycles. The van der Waals surface area contributed by atoms with E-state index >= 15 is 0 Å². The van der Waals surface area contributed by atoms with Crippen LogP contribution in [0.3, 0.4) is 0 Å². The third-order valence-corrected chi connectivity index (χ3v) is 4.91. The van der Waals surface area contributed by atoms with Gasteiger partial charge in [0.1, 0.15) is 11.4 Å². The lowest BCUT2D eigenvalue weighted by Gasteiger charge is -2.30. The zero-order chi connectivity index (χ0) is 18.8. The number of carbonyl (C=O) groups is 4. The SMILES string of the molecule is COc1cccc2c1C(=O)c1ccc3c(c1C2=O)C(=O)C[C@](C)(O)C3=O. The van der Waals surface area contributed by atoms with Gasteiger partial charge < -0.3 is 9.84 Å². The average molecular weight is 350 g/mol. The summed E-state index contributed by atoms with van der Waals surface area (Å²) in [6, 6.07) is 7.34. The second kappa shape index (κ2) is 5.19. The number of fused-ring (bicyclic) bond motifs is 4. The van der Waals surface area contributed by atoms with E-state index in [9.17, 15) is 24.3 Å². The van der Waals surface area contributed by atoms with Crippen LogP contribution in [0.4, 0.5) is 0 Å². The molecule has 2 aliphatic rings. The zero-order valence-electron chi connectivity index (χ0n) is 14.1. The molecule has 0 aliphatic heterocycles. The molecule has 0 bridgehead atoms. The van der Waals surface area contributed by atoms with E-state index in [2.05, 4.69) is 0 Å². The van der Waals surface area contributed by atoms with Gasteiger partial charge in [0.15, 0.2) is 23.1 Å². The van der Waals surface area contributed by atoms with Gasteiger partial charge in [-0.25, -0.2) is 0 Å². The van der Waals surface area contributed by atoms with Gasteiger partial charge in [0, 0.05) is 34.2 Å². The summed E-state index contributed by atoms with van der Waals surface area (Å²) in [5, 5.41) is 10.2. The van der Waals surface area contributed by atoms with Crippen LogP contribution in [-0.4, -0.2) is 41.0 Å². The van der Waals surface area contributed by atoms with Crippen LogP contribution < -0.4 is 4.74 Å². The minimum atomic E-state index is -1.82. The molecule has 2 aromatic rings. The lowest BCUT2D eigenvalue weighted by atomic mass is 9.73. The summed E-state index contributed by atoms with van der Waals surface area (Å²) < 4.78 is 5.20. The van der Waals surface area contributed by atoms with Gasteiger partial charge >= 0.3 is 0 Å². The van der Waals surface area contributed by atoms with Crippen LogP contribution in [0, 0.1) is 0 Å². The van der Waals surface area contributed by atoms with Crippen molar-refractivity contribution in [3.8, 4) is 5.75 Å². The van der Waals surface area contributed by atoms with Crippen molar-refractivity contribution in [3.05, 3.63) is 63.7 Å². The second-order valence-corrected chi connectivity index (χ2v) is 6.65. The Morgan fingerprint density at radius 2 is 1.50 bits per heavy atom. The van der Waals surface area contributed by atoms with Gasteiger partial charge in [0.2, 0.25) is 0 Å². The first-order chi connectivity index (χ1) is 12.3. The minimum absolute atomic E-state index is 0.0301. The first-order valence-corrected chi connectivity index (χ1v) is 8.01. The van der Waals surface area contributed by atoms with E-state index in [1.165, 1.54) is 32.2 Å². The Bertz CT molecular complexity index is 1040. The Hall–Kier alpha value is -3.12. The summed E-state index contributed by atoms with van der Waals surface area (Å²) in [4.78, 5) is 51.1. The number of rotatable bonds is 1. The van der Waals surface area contributed by atoms with Crippen molar-refractivity contribution in [2.75, 3.05) is 7.11 Å². The van der Waals surface area contributed by atoms with Gasteiger partial charge in [-0.15, -0.1) is 0 Å². The molecule has 26 heavy (non-hydrogen) atoms. The molecule has 0 spiro atoms. The van der Waals surface area contributed by atoms with Crippen LogP contribution >= 0.6 is 0 Å². The van der Waals surface area contributed by atoms with Crippen molar-refractivity contribution in [3.63, 3.8) is 0 Å². The maximum Gasteiger partial charge on any atom is 0.198 e. The fraction of sp³-hybridized carbons (Fsp3) is 0.200. The van der Waals surface area contributed by atoms with E-state index in [0.29, 0.717) is 0 Å². The minimum Gasteiger partial charge on any atom is -0.496 e. The van der Waals surface area contributed by atoms with Crippen LogP contribution in [-0.2, 0) is 0 Å². The molecule has 4 rings (SSSR count). The maximum atomic E-state index is 13.1. The molecule has 2 aromatic carbocycles. The first-order valence-electron chi connectivity index (χ1n) is 8.01. The molecule has 1 atom stereocenters. The number of aliphatic hydroxyl groups is 1. The first kappa shape index (κ1) is 16.4. The van der Waals surface area contributed by atoms with Crippen molar-refractivity contribution in [1.82, 2.24) is 0 Å². The highest BCUT2D eigenvalue weighted by Gasteiger charge is 2.45. The highest BCUT2D eigenvalue weighted by molar-refractivity contribution is 6.33. The average Bonchev–Trinajstić information content (AvgIpc) is 2.62. The quantitative estimate of drug-likeness (QED) is 0.721. The predicted octanol–water partition coefficient (Wildman–Crippen LogP) is 1.99. The van der Waals surface area contributed by atoms with Crippen LogP contribution in [0.2, 0.25) is 0 Å². The smallest absolute Gasteiger partial charge is 0.198 e. The molecule has 0 amide bonds. The van der Waals surface area contributed by atoms with Crippen molar-refractivity contribution in [2.24, 2.45) is 0 Å². The monoisotopic (exact) mass is 350 g/mol. The highest BCUT2D eigenvalue weighted by Crippen LogP contribution is 2.39. The summed E-state index contributed by atoms with van der Waals surface area (Å²) in [7, 11) is 1.40. The summed E-state index contributed by atoms with van der Waals surface area (Å²) in [5.41, 5.74) is -1.65. The molecule has 6 nitrogen and oxygen atoms in total. The second-order valence-electron chi connectivity index (χ2n) is 6.65. The zero-order valence-corrected chi connectivity index (χ0v) is 14.1. The number of benzene rings is 2. The molecule has 0 radical (unpaired) electrons.